The predicted molar refractivity (Wildman–Crippen MR) is 68.2 cm³/mol. The number of likely N-dealkylation sites (N-methyl/N-ethyl adjacent to an activating group) is 3. The van der Waals surface area contributed by atoms with Crippen LogP contribution in [-0.4, -0.2) is 73.2 Å². The van der Waals surface area contributed by atoms with E-state index >= 15 is 0 Å². The first-order valence-corrected chi connectivity index (χ1v) is 6.41. The number of likely N-dealkylation sites (tertiary alicyclic amines) is 1. The Labute approximate surface area is 104 Å². The number of carboxylic acid groups (broad SMARTS) is 1. The molecule has 0 aromatic carbocycles. The number of carboxylic acids is 1. The molecule has 2 N–H and O–H groups in total. The van der Waals surface area contributed by atoms with Gasteiger partial charge in [-0.1, -0.05) is 6.92 Å². The van der Waals surface area contributed by atoms with Gasteiger partial charge in [-0.3, -0.25) is 9.69 Å². The van der Waals surface area contributed by atoms with Gasteiger partial charge in [-0.15, -0.1) is 0 Å². The molecule has 1 rings (SSSR count). The van der Waals surface area contributed by atoms with Crippen LogP contribution in [-0.2, 0) is 4.79 Å². The van der Waals surface area contributed by atoms with E-state index in [4.69, 9.17) is 5.11 Å². The maximum absolute atomic E-state index is 10.9. The molecule has 0 saturated carbocycles. The number of rotatable bonds is 7. The van der Waals surface area contributed by atoms with E-state index in [9.17, 15) is 4.79 Å². The Morgan fingerprint density at radius 3 is 2.88 bits per heavy atom. The fraction of sp³-hybridized carbons (Fsp3) is 0.917. The molecule has 17 heavy (non-hydrogen) atoms. The highest BCUT2D eigenvalue weighted by Gasteiger charge is 2.25. The van der Waals surface area contributed by atoms with Crippen LogP contribution < -0.4 is 5.32 Å². The smallest absolute Gasteiger partial charge is 0.322 e. The summed E-state index contributed by atoms with van der Waals surface area (Å²) >= 11 is 0. The Kier molecular flexibility index (Phi) is 5.88. The third kappa shape index (κ3) is 4.26. The first-order valence-electron chi connectivity index (χ1n) is 6.41. The quantitative estimate of drug-likeness (QED) is 0.663. The third-order valence-electron chi connectivity index (χ3n) is 3.57. The van der Waals surface area contributed by atoms with Gasteiger partial charge in [0.2, 0.25) is 0 Å². The second kappa shape index (κ2) is 6.93. The average Bonchev–Trinajstić information content (AvgIpc) is 2.72. The Morgan fingerprint density at radius 2 is 2.35 bits per heavy atom. The van der Waals surface area contributed by atoms with E-state index in [-0.39, 0.29) is 0 Å². The van der Waals surface area contributed by atoms with Crippen LogP contribution in [0.2, 0.25) is 0 Å². The SMILES string of the molecule is CCN1CCCC1CN(C)CC(NC)C(=O)O. The maximum atomic E-state index is 10.9. The van der Waals surface area contributed by atoms with Gasteiger partial charge in [-0.05, 0) is 40.0 Å². The Hall–Kier alpha value is -0.650. The van der Waals surface area contributed by atoms with E-state index in [2.05, 4.69) is 22.0 Å². The van der Waals surface area contributed by atoms with Crippen LogP contribution >= 0.6 is 0 Å². The molecule has 0 radical (unpaired) electrons. The fourth-order valence-electron chi connectivity index (χ4n) is 2.56. The molecule has 0 bridgehead atoms. The fourth-order valence-corrected chi connectivity index (χ4v) is 2.56. The minimum absolute atomic E-state index is 0.475. The van der Waals surface area contributed by atoms with Gasteiger partial charge in [0.25, 0.3) is 0 Å². The van der Waals surface area contributed by atoms with Crippen molar-refractivity contribution in [1.82, 2.24) is 15.1 Å². The number of carbonyl (C=O) groups is 1. The predicted octanol–water partition coefficient (Wildman–Crippen LogP) is 0.0751. The zero-order valence-corrected chi connectivity index (χ0v) is 11.1. The van der Waals surface area contributed by atoms with Gasteiger partial charge < -0.3 is 15.3 Å². The highest BCUT2D eigenvalue weighted by molar-refractivity contribution is 5.73. The summed E-state index contributed by atoms with van der Waals surface area (Å²) in [4.78, 5) is 15.5. The van der Waals surface area contributed by atoms with Gasteiger partial charge in [-0.2, -0.15) is 0 Å². The monoisotopic (exact) mass is 243 g/mol. The van der Waals surface area contributed by atoms with Gasteiger partial charge >= 0.3 is 5.97 Å². The summed E-state index contributed by atoms with van der Waals surface area (Å²) in [5.41, 5.74) is 0. The van der Waals surface area contributed by atoms with Crippen molar-refractivity contribution in [2.24, 2.45) is 0 Å². The lowest BCUT2D eigenvalue weighted by Gasteiger charge is -2.29. The van der Waals surface area contributed by atoms with Gasteiger partial charge in [0.05, 0.1) is 0 Å². The molecule has 1 fully saturated rings. The highest BCUT2D eigenvalue weighted by Crippen LogP contribution is 2.17. The molecule has 5 heteroatoms. The van der Waals surface area contributed by atoms with Crippen LogP contribution in [0.15, 0.2) is 0 Å². The molecule has 1 aliphatic heterocycles. The van der Waals surface area contributed by atoms with Gasteiger partial charge in [0.15, 0.2) is 0 Å². The van der Waals surface area contributed by atoms with Crippen molar-refractivity contribution in [3.8, 4) is 0 Å². The second-order valence-electron chi connectivity index (χ2n) is 4.83. The molecule has 1 aliphatic rings. The topological polar surface area (TPSA) is 55.8 Å². The van der Waals surface area contributed by atoms with Crippen LogP contribution in [0.3, 0.4) is 0 Å². The lowest BCUT2D eigenvalue weighted by Crippen LogP contribution is -2.47. The summed E-state index contributed by atoms with van der Waals surface area (Å²) in [5.74, 6) is -0.780. The molecule has 0 aromatic heterocycles. The van der Waals surface area contributed by atoms with E-state index in [0.717, 1.165) is 13.1 Å². The summed E-state index contributed by atoms with van der Waals surface area (Å²) in [5, 5.41) is 11.8. The van der Waals surface area contributed by atoms with E-state index in [1.165, 1.54) is 19.4 Å². The van der Waals surface area contributed by atoms with E-state index in [0.29, 0.717) is 12.6 Å². The van der Waals surface area contributed by atoms with E-state index < -0.39 is 12.0 Å². The van der Waals surface area contributed by atoms with Crippen molar-refractivity contribution in [2.45, 2.75) is 31.8 Å². The van der Waals surface area contributed by atoms with Crippen molar-refractivity contribution < 1.29 is 9.90 Å². The Balaban J connectivity index is 2.37. The summed E-state index contributed by atoms with van der Waals surface area (Å²) < 4.78 is 0. The van der Waals surface area contributed by atoms with Gasteiger partial charge in [0.1, 0.15) is 6.04 Å². The minimum atomic E-state index is -0.780. The molecule has 1 heterocycles. The van der Waals surface area contributed by atoms with Crippen LogP contribution in [0.25, 0.3) is 0 Å². The number of nitrogens with one attached hydrogen (secondary N) is 1. The van der Waals surface area contributed by atoms with Crippen molar-refractivity contribution in [1.29, 1.82) is 0 Å². The number of hydrogen-bond donors (Lipinski definition) is 2. The van der Waals surface area contributed by atoms with Crippen molar-refractivity contribution in [3.63, 3.8) is 0 Å². The average molecular weight is 243 g/mol. The summed E-state index contributed by atoms with van der Waals surface area (Å²) in [7, 11) is 3.69. The van der Waals surface area contributed by atoms with Crippen molar-refractivity contribution >= 4 is 5.97 Å². The summed E-state index contributed by atoms with van der Waals surface area (Å²) in [6, 6.07) is 0.118. The van der Waals surface area contributed by atoms with Crippen LogP contribution in [0.4, 0.5) is 0 Å². The zero-order valence-electron chi connectivity index (χ0n) is 11.1. The molecular formula is C12H25N3O2. The zero-order chi connectivity index (χ0) is 12.8. The molecule has 0 aliphatic carbocycles. The standard InChI is InChI=1S/C12H25N3O2/c1-4-15-7-5-6-10(15)8-14(3)9-11(13-2)12(16)17/h10-11,13H,4-9H2,1-3H3,(H,16,17). The molecular weight excluding hydrogens is 218 g/mol. The van der Waals surface area contributed by atoms with Crippen LogP contribution in [0, 0.1) is 0 Å². The lowest BCUT2D eigenvalue weighted by atomic mass is 10.2. The molecule has 2 atom stereocenters. The van der Waals surface area contributed by atoms with Gasteiger partial charge in [0, 0.05) is 19.1 Å². The third-order valence-corrected chi connectivity index (χ3v) is 3.57. The normalized spacial score (nSPS) is 23.2. The van der Waals surface area contributed by atoms with Crippen LogP contribution in [0.5, 0.6) is 0 Å². The molecule has 5 nitrogen and oxygen atoms in total. The number of hydrogen-bond acceptors (Lipinski definition) is 4. The van der Waals surface area contributed by atoms with E-state index in [1.807, 2.05) is 7.05 Å². The highest BCUT2D eigenvalue weighted by atomic mass is 16.4. The first-order chi connectivity index (χ1) is 8.08. The molecule has 100 valence electrons. The minimum Gasteiger partial charge on any atom is -0.480 e. The number of aliphatic carboxylic acids is 1. The molecule has 0 amide bonds. The van der Waals surface area contributed by atoms with Crippen molar-refractivity contribution in [2.75, 3.05) is 40.3 Å². The first kappa shape index (κ1) is 14.4. The largest absolute Gasteiger partial charge is 0.480 e. The molecule has 1 saturated heterocycles. The van der Waals surface area contributed by atoms with Crippen LogP contribution in [0.1, 0.15) is 19.8 Å². The molecule has 2 unspecified atom stereocenters. The Bertz CT molecular complexity index is 248. The summed E-state index contributed by atoms with van der Waals surface area (Å²) in [6.07, 6.45) is 2.50. The summed E-state index contributed by atoms with van der Waals surface area (Å²) in [6.45, 7) is 5.97. The second-order valence-corrected chi connectivity index (χ2v) is 4.83. The number of nitrogens with zero attached hydrogens (tertiary/aromatic N) is 2. The van der Waals surface area contributed by atoms with Crippen molar-refractivity contribution in [3.05, 3.63) is 0 Å². The van der Waals surface area contributed by atoms with E-state index in [1.54, 1.807) is 7.05 Å². The van der Waals surface area contributed by atoms with Gasteiger partial charge in [-0.25, -0.2) is 0 Å². The lowest BCUT2D eigenvalue weighted by molar-refractivity contribution is -0.139. The maximum Gasteiger partial charge on any atom is 0.322 e. The molecule has 0 spiro atoms. The Morgan fingerprint density at radius 1 is 1.65 bits per heavy atom. The molecule has 0 aromatic rings.